The molecule has 0 aliphatic carbocycles. The van der Waals surface area contributed by atoms with Crippen LogP contribution in [0.25, 0.3) is 5.69 Å². The third-order valence-corrected chi connectivity index (χ3v) is 3.21. The highest BCUT2D eigenvalue weighted by Gasteiger charge is 2.15. The molecule has 0 bridgehead atoms. The molecule has 96 valence electrons. The summed E-state index contributed by atoms with van der Waals surface area (Å²) in [6.07, 6.45) is 0.766. The highest BCUT2D eigenvalue weighted by molar-refractivity contribution is 5.36. The second-order valence-electron chi connectivity index (χ2n) is 4.99. The van der Waals surface area contributed by atoms with Gasteiger partial charge in [0, 0.05) is 11.3 Å². The lowest BCUT2D eigenvalue weighted by atomic mass is 10.0. The summed E-state index contributed by atoms with van der Waals surface area (Å²) in [6, 6.07) is 7.97. The molecule has 1 aromatic carbocycles. The summed E-state index contributed by atoms with van der Waals surface area (Å²) >= 11 is 0. The van der Waals surface area contributed by atoms with Crippen LogP contribution in [0.2, 0.25) is 0 Å². The number of rotatable bonds is 3. The van der Waals surface area contributed by atoms with Gasteiger partial charge in [0.15, 0.2) is 0 Å². The topological polar surface area (TPSA) is 37.8 Å². The first-order valence-corrected chi connectivity index (χ1v) is 6.45. The first-order valence-electron chi connectivity index (χ1n) is 6.45. The van der Waals surface area contributed by atoms with Gasteiger partial charge < -0.3 is 0 Å². The quantitative estimate of drug-likeness (QED) is 0.884. The van der Waals surface area contributed by atoms with Crippen LogP contribution in [-0.2, 0) is 6.42 Å². The Morgan fingerprint density at radius 3 is 2.56 bits per heavy atom. The molecule has 2 aromatic rings. The number of aromatic nitrogens is 2. The largest absolute Gasteiger partial charge is 0.294 e. The minimum Gasteiger partial charge on any atom is -0.294 e. The average molecular weight is 244 g/mol. The standard InChI is InChI=1S/C15H20N2O/c1-5-13-14(10(2)3)16-17(15(13)18)12-8-6-7-11(4)9-12/h6-10,16H,5H2,1-4H3. The number of aryl methyl sites for hydroxylation is 1. The van der Waals surface area contributed by atoms with E-state index in [0.717, 1.165) is 28.9 Å². The number of nitrogens with zero attached hydrogens (tertiary/aromatic N) is 1. The van der Waals surface area contributed by atoms with Crippen molar-refractivity contribution in [2.24, 2.45) is 0 Å². The zero-order valence-electron chi connectivity index (χ0n) is 11.4. The molecule has 1 N–H and O–H groups in total. The minimum atomic E-state index is 0.0757. The third-order valence-electron chi connectivity index (χ3n) is 3.21. The molecule has 0 unspecified atom stereocenters. The van der Waals surface area contributed by atoms with E-state index in [1.807, 2.05) is 38.1 Å². The highest BCUT2D eigenvalue weighted by Crippen LogP contribution is 2.17. The molecule has 0 amide bonds. The molecular weight excluding hydrogens is 224 g/mol. The zero-order chi connectivity index (χ0) is 13.3. The van der Waals surface area contributed by atoms with Crippen molar-refractivity contribution < 1.29 is 0 Å². The van der Waals surface area contributed by atoms with Crippen molar-refractivity contribution >= 4 is 0 Å². The molecule has 2 rings (SSSR count). The second-order valence-corrected chi connectivity index (χ2v) is 4.99. The lowest BCUT2D eigenvalue weighted by Gasteiger charge is -2.04. The molecule has 0 aliphatic rings. The van der Waals surface area contributed by atoms with Gasteiger partial charge in [0.25, 0.3) is 5.56 Å². The minimum absolute atomic E-state index is 0.0757. The van der Waals surface area contributed by atoms with E-state index in [1.54, 1.807) is 4.68 Å². The van der Waals surface area contributed by atoms with Crippen LogP contribution in [0.1, 0.15) is 43.5 Å². The summed E-state index contributed by atoms with van der Waals surface area (Å²) in [7, 11) is 0. The molecule has 0 atom stereocenters. The number of aromatic amines is 1. The summed E-state index contributed by atoms with van der Waals surface area (Å²) in [5, 5.41) is 3.25. The van der Waals surface area contributed by atoms with Gasteiger partial charge in [-0.25, -0.2) is 4.68 Å². The van der Waals surface area contributed by atoms with Gasteiger partial charge in [-0.15, -0.1) is 0 Å². The summed E-state index contributed by atoms with van der Waals surface area (Å²) in [5.74, 6) is 0.332. The Morgan fingerprint density at radius 1 is 1.33 bits per heavy atom. The molecule has 3 nitrogen and oxygen atoms in total. The van der Waals surface area contributed by atoms with Crippen molar-refractivity contribution in [3.63, 3.8) is 0 Å². The van der Waals surface area contributed by atoms with Crippen LogP contribution in [0.15, 0.2) is 29.1 Å². The monoisotopic (exact) mass is 244 g/mol. The van der Waals surface area contributed by atoms with E-state index in [4.69, 9.17) is 0 Å². The maximum atomic E-state index is 12.4. The maximum Gasteiger partial charge on any atom is 0.274 e. The molecule has 3 heteroatoms. The maximum absolute atomic E-state index is 12.4. The SMILES string of the molecule is CCc1c(C(C)C)[nH]n(-c2cccc(C)c2)c1=O. The number of nitrogens with one attached hydrogen (secondary N) is 1. The van der Waals surface area contributed by atoms with Crippen molar-refractivity contribution in [2.45, 2.75) is 40.0 Å². The van der Waals surface area contributed by atoms with E-state index < -0.39 is 0 Å². The van der Waals surface area contributed by atoms with Gasteiger partial charge in [-0.3, -0.25) is 9.89 Å². The number of hydrogen-bond donors (Lipinski definition) is 1. The van der Waals surface area contributed by atoms with Crippen LogP contribution in [-0.4, -0.2) is 9.78 Å². The van der Waals surface area contributed by atoms with Gasteiger partial charge >= 0.3 is 0 Å². The van der Waals surface area contributed by atoms with Crippen LogP contribution < -0.4 is 5.56 Å². The lowest BCUT2D eigenvalue weighted by molar-refractivity contribution is 0.757. The van der Waals surface area contributed by atoms with Crippen molar-refractivity contribution in [1.29, 1.82) is 0 Å². The van der Waals surface area contributed by atoms with Crippen molar-refractivity contribution in [3.8, 4) is 5.69 Å². The molecule has 0 fully saturated rings. The number of benzene rings is 1. The normalized spacial score (nSPS) is 11.2. The predicted molar refractivity (Wildman–Crippen MR) is 74.6 cm³/mol. The second kappa shape index (κ2) is 4.84. The fourth-order valence-corrected chi connectivity index (χ4v) is 2.26. The Balaban J connectivity index is 2.63. The molecular formula is C15H20N2O. The van der Waals surface area contributed by atoms with Crippen LogP contribution in [0.5, 0.6) is 0 Å². The van der Waals surface area contributed by atoms with E-state index in [0.29, 0.717) is 5.92 Å². The summed E-state index contributed by atoms with van der Waals surface area (Å²) in [4.78, 5) is 12.4. The highest BCUT2D eigenvalue weighted by atomic mass is 16.1. The van der Waals surface area contributed by atoms with Gasteiger partial charge in [-0.2, -0.15) is 0 Å². The molecule has 1 aromatic heterocycles. The van der Waals surface area contributed by atoms with Gasteiger partial charge in [0.1, 0.15) is 0 Å². The van der Waals surface area contributed by atoms with Crippen LogP contribution in [0.3, 0.4) is 0 Å². The fraction of sp³-hybridized carbons (Fsp3) is 0.400. The van der Waals surface area contributed by atoms with Crippen LogP contribution >= 0.6 is 0 Å². The summed E-state index contributed by atoms with van der Waals surface area (Å²) in [5.41, 5.74) is 4.07. The van der Waals surface area contributed by atoms with E-state index in [2.05, 4.69) is 18.9 Å². The Kier molecular flexibility index (Phi) is 3.41. The summed E-state index contributed by atoms with van der Waals surface area (Å²) < 4.78 is 1.65. The molecule has 1 heterocycles. The summed E-state index contributed by atoms with van der Waals surface area (Å²) in [6.45, 7) is 8.26. The Morgan fingerprint density at radius 2 is 2.06 bits per heavy atom. The predicted octanol–water partition coefficient (Wildman–Crippen LogP) is 3.16. The first kappa shape index (κ1) is 12.7. The van der Waals surface area contributed by atoms with Crippen molar-refractivity contribution in [2.75, 3.05) is 0 Å². The van der Waals surface area contributed by atoms with E-state index >= 15 is 0 Å². The smallest absolute Gasteiger partial charge is 0.274 e. The van der Waals surface area contributed by atoms with Gasteiger partial charge in [0.2, 0.25) is 0 Å². The molecule has 0 spiro atoms. The van der Waals surface area contributed by atoms with E-state index in [1.165, 1.54) is 0 Å². The van der Waals surface area contributed by atoms with Crippen molar-refractivity contribution in [3.05, 3.63) is 51.4 Å². The zero-order valence-corrected chi connectivity index (χ0v) is 11.4. The third kappa shape index (κ3) is 2.13. The Bertz CT molecular complexity index is 605. The average Bonchev–Trinajstić information content (AvgIpc) is 2.66. The fourth-order valence-electron chi connectivity index (χ4n) is 2.26. The number of hydrogen-bond acceptors (Lipinski definition) is 1. The molecule has 18 heavy (non-hydrogen) atoms. The van der Waals surface area contributed by atoms with E-state index in [-0.39, 0.29) is 5.56 Å². The molecule has 0 aliphatic heterocycles. The Hall–Kier alpha value is -1.77. The van der Waals surface area contributed by atoms with E-state index in [9.17, 15) is 4.79 Å². The molecule has 0 saturated carbocycles. The van der Waals surface area contributed by atoms with Gasteiger partial charge in [0.05, 0.1) is 5.69 Å². The number of H-pyrrole nitrogens is 1. The molecule has 0 radical (unpaired) electrons. The van der Waals surface area contributed by atoms with Crippen LogP contribution in [0.4, 0.5) is 0 Å². The molecule has 0 saturated heterocycles. The van der Waals surface area contributed by atoms with Crippen molar-refractivity contribution in [1.82, 2.24) is 9.78 Å². The lowest BCUT2D eigenvalue weighted by Crippen LogP contribution is -2.17. The Labute approximate surface area is 107 Å². The first-order chi connectivity index (χ1) is 8.54. The van der Waals surface area contributed by atoms with Crippen LogP contribution in [0, 0.1) is 6.92 Å². The van der Waals surface area contributed by atoms with Gasteiger partial charge in [-0.05, 0) is 37.0 Å². The van der Waals surface area contributed by atoms with Gasteiger partial charge in [-0.1, -0.05) is 32.9 Å².